The minimum absolute atomic E-state index is 0.0387. The summed E-state index contributed by atoms with van der Waals surface area (Å²) in [5, 5.41) is 11.0. The minimum atomic E-state index is -0.749. The van der Waals surface area contributed by atoms with E-state index in [2.05, 4.69) is 0 Å². The molecule has 23 heavy (non-hydrogen) atoms. The fourth-order valence-electron chi connectivity index (χ4n) is 2.46. The van der Waals surface area contributed by atoms with Crippen molar-refractivity contribution in [2.75, 3.05) is 6.61 Å². The van der Waals surface area contributed by atoms with Gasteiger partial charge in [-0.2, -0.15) is 0 Å². The number of aliphatic hydroxyl groups is 1. The van der Waals surface area contributed by atoms with Gasteiger partial charge in [0.2, 0.25) is 0 Å². The zero-order valence-corrected chi connectivity index (χ0v) is 13.6. The highest BCUT2D eigenvalue weighted by Crippen LogP contribution is 2.21. The lowest BCUT2D eigenvalue weighted by Gasteiger charge is -2.23. The first-order valence-corrected chi connectivity index (χ1v) is 7.80. The van der Waals surface area contributed by atoms with E-state index in [-0.39, 0.29) is 18.3 Å². The molecule has 5 nitrogen and oxygen atoms in total. The first-order valence-electron chi connectivity index (χ1n) is 7.80. The van der Waals surface area contributed by atoms with E-state index in [0.29, 0.717) is 17.8 Å². The van der Waals surface area contributed by atoms with Crippen LogP contribution in [-0.2, 0) is 4.79 Å². The van der Waals surface area contributed by atoms with Crippen molar-refractivity contribution >= 4 is 16.8 Å². The third kappa shape index (κ3) is 4.20. The van der Waals surface area contributed by atoms with Crippen LogP contribution in [0.2, 0.25) is 0 Å². The molecule has 1 aromatic carbocycles. The Morgan fingerprint density at radius 2 is 1.96 bits per heavy atom. The van der Waals surface area contributed by atoms with Crippen LogP contribution in [0.5, 0.6) is 5.75 Å². The number of carbonyl (C=O) groups is 1. The molecular formula is C18H22O5. The average Bonchev–Trinajstić information content (AvgIpc) is 2.57. The Bertz CT molecular complexity index is 734. The lowest BCUT2D eigenvalue weighted by Crippen LogP contribution is -2.34. The number of hydrogen-bond acceptors (Lipinski definition) is 5. The van der Waals surface area contributed by atoms with Gasteiger partial charge in [0, 0.05) is 35.8 Å². The zero-order chi connectivity index (χ0) is 17.0. The summed E-state index contributed by atoms with van der Waals surface area (Å²) >= 11 is 0. The Balaban J connectivity index is 2.02. The maximum atomic E-state index is 11.7. The summed E-state index contributed by atoms with van der Waals surface area (Å²) in [6.45, 7) is 5.63. The van der Waals surface area contributed by atoms with Crippen LogP contribution in [0, 0.1) is 11.8 Å². The Labute approximate surface area is 134 Å². The smallest absolute Gasteiger partial charge is 0.336 e. The summed E-state index contributed by atoms with van der Waals surface area (Å²) in [6.07, 6.45) is -0.337. The molecule has 5 heteroatoms. The first-order chi connectivity index (χ1) is 10.9. The lowest BCUT2D eigenvalue weighted by atomic mass is 9.90. The van der Waals surface area contributed by atoms with Gasteiger partial charge in [0.05, 0.1) is 12.7 Å². The molecule has 0 saturated heterocycles. The second-order valence-electron chi connectivity index (χ2n) is 5.84. The number of rotatable bonds is 7. The summed E-state index contributed by atoms with van der Waals surface area (Å²) in [7, 11) is 0. The van der Waals surface area contributed by atoms with Gasteiger partial charge in [-0.1, -0.05) is 20.8 Å². The van der Waals surface area contributed by atoms with Crippen LogP contribution in [0.25, 0.3) is 11.0 Å². The van der Waals surface area contributed by atoms with Crippen LogP contribution in [0.3, 0.4) is 0 Å². The molecule has 0 amide bonds. The molecule has 1 heterocycles. The average molecular weight is 318 g/mol. The highest BCUT2D eigenvalue weighted by Gasteiger charge is 2.26. The van der Waals surface area contributed by atoms with Gasteiger partial charge in [0.1, 0.15) is 17.1 Å². The summed E-state index contributed by atoms with van der Waals surface area (Å²) in [4.78, 5) is 22.9. The fraction of sp³-hybridized carbons (Fsp3) is 0.444. The zero-order valence-electron chi connectivity index (χ0n) is 13.6. The number of carbonyl (C=O) groups excluding carboxylic acids is 1. The predicted molar refractivity (Wildman–Crippen MR) is 87.6 cm³/mol. The van der Waals surface area contributed by atoms with E-state index in [0.717, 1.165) is 5.39 Å². The number of ether oxygens (including phenoxy) is 1. The molecule has 2 rings (SSSR count). The monoisotopic (exact) mass is 318 g/mol. The highest BCUT2D eigenvalue weighted by atomic mass is 16.5. The highest BCUT2D eigenvalue weighted by molar-refractivity contribution is 5.80. The topological polar surface area (TPSA) is 76.7 Å². The SMILES string of the molecule is CCC(=O)[C@@H](C)[C@H](O)[C@H](C)COc1ccc2ccc(=O)oc2c1. The predicted octanol–water partition coefficient (Wildman–Crippen LogP) is 2.78. The van der Waals surface area contributed by atoms with Crippen molar-refractivity contribution in [3.63, 3.8) is 0 Å². The molecule has 0 fully saturated rings. The molecule has 124 valence electrons. The van der Waals surface area contributed by atoms with E-state index in [1.807, 2.05) is 6.92 Å². The number of ketones is 1. The standard InChI is InChI=1S/C18H22O5/c1-4-15(19)12(3)18(21)11(2)10-22-14-7-5-13-6-8-17(20)23-16(13)9-14/h5-9,11-12,18,21H,4,10H2,1-3H3/t11-,12-,18-/m1/s1. The van der Waals surface area contributed by atoms with Gasteiger partial charge in [-0.15, -0.1) is 0 Å². The summed E-state index contributed by atoms with van der Waals surface area (Å²) < 4.78 is 10.8. The molecule has 0 radical (unpaired) electrons. The third-order valence-electron chi connectivity index (χ3n) is 4.06. The molecule has 0 saturated carbocycles. The van der Waals surface area contributed by atoms with Crippen molar-refractivity contribution in [2.45, 2.75) is 33.3 Å². The second kappa shape index (κ2) is 7.42. The second-order valence-corrected chi connectivity index (χ2v) is 5.84. The largest absolute Gasteiger partial charge is 0.493 e. The molecule has 0 unspecified atom stereocenters. The van der Waals surface area contributed by atoms with Crippen molar-refractivity contribution in [1.29, 1.82) is 0 Å². The van der Waals surface area contributed by atoms with E-state index in [1.54, 1.807) is 38.1 Å². The maximum absolute atomic E-state index is 11.7. The normalized spacial score (nSPS) is 15.1. The lowest BCUT2D eigenvalue weighted by molar-refractivity contribution is -0.126. The molecule has 0 bridgehead atoms. The van der Waals surface area contributed by atoms with Crippen LogP contribution in [0.4, 0.5) is 0 Å². The van der Waals surface area contributed by atoms with Gasteiger partial charge in [-0.25, -0.2) is 4.79 Å². The Morgan fingerprint density at radius 1 is 1.26 bits per heavy atom. The Hall–Kier alpha value is -2.14. The van der Waals surface area contributed by atoms with Crippen molar-refractivity contribution in [3.05, 3.63) is 40.8 Å². The summed E-state index contributed by atoms with van der Waals surface area (Å²) in [5.41, 5.74) is 0.0445. The number of fused-ring (bicyclic) bond motifs is 1. The van der Waals surface area contributed by atoms with Gasteiger partial charge in [-0.05, 0) is 18.2 Å². The molecule has 0 aliphatic rings. The Kier molecular flexibility index (Phi) is 5.55. The van der Waals surface area contributed by atoms with Crippen molar-refractivity contribution < 1.29 is 19.1 Å². The molecule has 0 aliphatic carbocycles. The molecule has 1 aromatic heterocycles. The molecule has 2 aromatic rings. The fourth-order valence-corrected chi connectivity index (χ4v) is 2.46. The van der Waals surface area contributed by atoms with Gasteiger partial charge in [0.25, 0.3) is 0 Å². The van der Waals surface area contributed by atoms with E-state index in [1.165, 1.54) is 6.07 Å². The van der Waals surface area contributed by atoms with Crippen LogP contribution in [0.1, 0.15) is 27.2 Å². The van der Waals surface area contributed by atoms with Gasteiger partial charge >= 0.3 is 5.63 Å². The van der Waals surface area contributed by atoms with Crippen LogP contribution in [-0.4, -0.2) is 23.6 Å². The molecule has 0 aliphatic heterocycles. The first kappa shape index (κ1) is 17.2. The van der Waals surface area contributed by atoms with Crippen LogP contribution in [0.15, 0.2) is 39.5 Å². The van der Waals surface area contributed by atoms with E-state index in [9.17, 15) is 14.7 Å². The number of Topliss-reactive ketones (excluding diaryl/α,β-unsaturated/α-hetero) is 1. The maximum Gasteiger partial charge on any atom is 0.336 e. The van der Waals surface area contributed by atoms with Gasteiger partial charge in [0.15, 0.2) is 0 Å². The quantitative estimate of drug-likeness (QED) is 0.794. The minimum Gasteiger partial charge on any atom is -0.493 e. The summed E-state index contributed by atoms with van der Waals surface area (Å²) in [6, 6.07) is 8.29. The Morgan fingerprint density at radius 3 is 2.65 bits per heavy atom. The molecule has 1 N–H and O–H groups in total. The summed E-state index contributed by atoms with van der Waals surface area (Å²) in [5.74, 6) is -0.00981. The molecular weight excluding hydrogens is 296 g/mol. The number of aliphatic hydroxyl groups excluding tert-OH is 1. The van der Waals surface area contributed by atoms with Crippen molar-refractivity contribution in [1.82, 2.24) is 0 Å². The van der Waals surface area contributed by atoms with Crippen molar-refractivity contribution in [3.8, 4) is 5.75 Å². The number of benzene rings is 1. The van der Waals surface area contributed by atoms with Gasteiger partial charge in [-0.3, -0.25) is 4.79 Å². The molecule has 0 spiro atoms. The van der Waals surface area contributed by atoms with Gasteiger partial charge < -0.3 is 14.3 Å². The van der Waals surface area contributed by atoms with Crippen LogP contribution >= 0.6 is 0 Å². The molecule has 3 atom stereocenters. The van der Waals surface area contributed by atoms with E-state index < -0.39 is 17.6 Å². The van der Waals surface area contributed by atoms with E-state index >= 15 is 0 Å². The van der Waals surface area contributed by atoms with E-state index in [4.69, 9.17) is 9.15 Å². The number of hydrogen-bond donors (Lipinski definition) is 1. The van der Waals surface area contributed by atoms with Crippen molar-refractivity contribution in [2.24, 2.45) is 11.8 Å². The third-order valence-corrected chi connectivity index (χ3v) is 4.06. The van der Waals surface area contributed by atoms with Crippen LogP contribution < -0.4 is 10.4 Å².